The quantitative estimate of drug-likeness (QED) is 0.519. The van der Waals surface area contributed by atoms with Crippen LogP contribution >= 0.6 is 0 Å². The molecule has 2 fully saturated rings. The molecule has 9 nitrogen and oxygen atoms in total. The van der Waals surface area contributed by atoms with E-state index in [9.17, 15) is 4.79 Å². The first-order valence-corrected chi connectivity index (χ1v) is 11.7. The van der Waals surface area contributed by atoms with Gasteiger partial charge in [-0.3, -0.25) is 4.79 Å². The summed E-state index contributed by atoms with van der Waals surface area (Å²) in [6.07, 6.45) is 12.3. The van der Waals surface area contributed by atoms with Crippen LogP contribution in [0.1, 0.15) is 57.4 Å². The van der Waals surface area contributed by atoms with Crippen molar-refractivity contribution in [3.05, 3.63) is 30.7 Å². The maximum atomic E-state index is 11.8. The van der Waals surface area contributed by atoms with Crippen LogP contribution in [0, 0.1) is 0 Å². The number of imidazole rings is 1. The Hall–Kier alpha value is -3.23. The van der Waals surface area contributed by atoms with E-state index in [4.69, 9.17) is 9.97 Å². The van der Waals surface area contributed by atoms with E-state index in [1.54, 1.807) is 6.20 Å². The van der Waals surface area contributed by atoms with E-state index >= 15 is 0 Å². The molecule has 2 aliphatic rings. The number of carbonyl (C=O) groups excluding carboxylic acids is 1. The SMILES string of the molecule is O=C1CCCN1CCCNc1nc(Nc2ccccn2)nc2c1ncn2C1CCCCC1. The van der Waals surface area contributed by atoms with Gasteiger partial charge in [-0.15, -0.1) is 0 Å². The first-order chi connectivity index (χ1) is 15.8. The zero-order valence-corrected chi connectivity index (χ0v) is 18.3. The predicted octanol–water partition coefficient (Wildman–Crippen LogP) is 3.89. The molecule has 0 bridgehead atoms. The number of likely N-dealkylation sites (tertiary alicyclic amines) is 1. The maximum Gasteiger partial charge on any atom is 0.232 e. The van der Waals surface area contributed by atoms with E-state index in [1.165, 1.54) is 19.3 Å². The average molecular weight is 435 g/mol. The molecule has 0 spiro atoms. The third kappa shape index (κ3) is 4.51. The van der Waals surface area contributed by atoms with E-state index in [0.717, 1.165) is 62.3 Å². The van der Waals surface area contributed by atoms with Crippen LogP contribution in [0.25, 0.3) is 11.2 Å². The van der Waals surface area contributed by atoms with Crippen LogP contribution in [0.3, 0.4) is 0 Å². The van der Waals surface area contributed by atoms with Gasteiger partial charge < -0.3 is 20.1 Å². The summed E-state index contributed by atoms with van der Waals surface area (Å²) in [6.45, 7) is 2.37. The molecule has 2 N–H and O–H groups in total. The highest BCUT2D eigenvalue weighted by Crippen LogP contribution is 2.32. The minimum atomic E-state index is 0.266. The summed E-state index contributed by atoms with van der Waals surface area (Å²) in [4.78, 5) is 32.3. The zero-order valence-electron chi connectivity index (χ0n) is 18.3. The maximum absolute atomic E-state index is 11.8. The second kappa shape index (κ2) is 9.50. The molecule has 0 atom stereocenters. The van der Waals surface area contributed by atoms with E-state index in [1.807, 2.05) is 29.4 Å². The second-order valence-corrected chi connectivity index (χ2v) is 8.62. The summed E-state index contributed by atoms with van der Waals surface area (Å²) in [5, 5.41) is 6.67. The van der Waals surface area contributed by atoms with Gasteiger partial charge >= 0.3 is 0 Å². The lowest BCUT2D eigenvalue weighted by Crippen LogP contribution is -2.27. The van der Waals surface area contributed by atoms with Crippen molar-refractivity contribution < 1.29 is 4.79 Å². The Labute approximate surface area is 187 Å². The molecule has 0 aromatic carbocycles. The van der Waals surface area contributed by atoms with E-state index < -0.39 is 0 Å². The topological polar surface area (TPSA) is 101 Å². The normalized spacial score (nSPS) is 17.2. The van der Waals surface area contributed by atoms with Crippen molar-refractivity contribution in [1.82, 2.24) is 29.4 Å². The molecule has 0 unspecified atom stereocenters. The Morgan fingerprint density at radius 1 is 1.06 bits per heavy atom. The Kier molecular flexibility index (Phi) is 6.13. The number of pyridine rings is 1. The summed E-state index contributed by atoms with van der Waals surface area (Å²) < 4.78 is 2.22. The van der Waals surface area contributed by atoms with Crippen LogP contribution in [0.2, 0.25) is 0 Å². The van der Waals surface area contributed by atoms with Gasteiger partial charge in [-0.1, -0.05) is 25.3 Å². The lowest BCUT2D eigenvalue weighted by atomic mass is 9.95. The number of carbonyl (C=O) groups is 1. The third-order valence-electron chi connectivity index (χ3n) is 6.36. The number of amides is 1. The molecule has 1 aliphatic carbocycles. The van der Waals surface area contributed by atoms with Crippen LogP contribution in [-0.2, 0) is 4.79 Å². The highest BCUT2D eigenvalue weighted by molar-refractivity contribution is 5.84. The van der Waals surface area contributed by atoms with Gasteiger partial charge in [-0.05, 0) is 37.8 Å². The molecule has 1 saturated heterocycles. The van der Waals surface area contributed by atoms with E-state index in [0.29, 0.717) is 24.2 Å². The molecule has 3 aromatic rings. The van der Waals surface area contributed by atoms with Crippen molar-refractivity contribution in [1.29, 1.82) is 0 Å². The van der Waals surface area contributed by atoms with Crippen LogP contribution in [0.4, 0.5) is 17.6 Å². The van der Waals surface area contributed by atoms with Gasteiger partial charge in [0.05, 0.1) is 6.33 Å². The van der Waals surface area contributed by atoms with E-state index in [-0.39, 0.29) is 5.91 Å². The molecule has 1 amide bonds. The molecule has 3 aromatic heterocycles. The number of hydrogen-bond acceptors (Lipinski definition) is 7. The number of nitrogens with zero attached hydrogens (tertiary/aromatic N) is 6. The molecule has 4 heterocycles. The lowest BCUT2D eigenvalue weighted by Gasteiger charge is -2.23. The summed E-state index contributed by atoms with van der Waals surface area (Å²) in [6, 6.07) is 6.14. The molecule has 1 saturated carbocycles. The molecular weight excluding hydrogens is 404 g/mol. The summed E-state index contributed by atoms with van der Waals surface area (Å²) in [5.41, 5.74) is 1.64. The number of aromatic nitrogens is 5. The zero-order chi connectivity index (χ0) is 21.8. The number of anilines is 3. The van der Waals surface area contributed by atoms with Crippen molar-refractivity contribution in [2.24, 2.45) is 0 Å². The highest BCUT2D eigenvalue weighted by Gasteiger charge is 2.22. The number of fused-ring (bicyclic) bond motifs is 1. The van der Waals surface area contributed by atoms with Gasteiger partial charge in [-0.2, -0.15) is 9.97 Å². The molecule has 0 radical (unpaired) electrons. The minimum absolute atomic E-state index is 0.266. The van der Waals surface area contributed by atoms with Crippen LogP contribution in [0.5, 0.6) is 0 Å². The van der Waals surface area contributed by atoms with Crippen molar-refractivity contribution in [2.45, 2.75) is 57.4 Å². The highest BCUT2D eigenvalue weighted by atomic mass is 16.2. The van der Waals surface area contributed by atoms with Crippen molar-refractivity contribution in [3.63, 3.8) is 0 Å². The second-order valence-electron chi connectivity index (χ2n) is 8.62. The Balaban J connectivity index is 1.38. The third-order valence-corrected chi connectivity index (χ3v) is 6.36. The fourth-order valence-corrected chi connectivity index (χ4v) is 4.69. The van der Waals surface area contributed by atoms with Crippen LogP contribution in [0.15, 0.2) is 30.7 Å². The van der Waals surface area contributed by atoms with Gasteiger partial charge in [0.25, 0.3) is 0 Å². The number of rotatable bonds is 8. The summed E-state index contributed by atoms with van der Waals surface area (Å²) in [5.74, 6) is 2.19. The standard InChI is InChI=1S/C23H30N8O/c32-19-11-6-14-30(19)15-7-13-25-21-20-22(31(16-26-20)17-8-2-1-3-9-17)29-23(28-21)27-18-10-4-5-12-24-18/h4-5,10,12,16-17H,1-3,6-9,11,13-15H2,(H2,24,25,27,28,29). The van der Waals surface area contributed by atoms with Gasteiger partial charge in [0.15, 0.2) is 17.0 Å². The van der Waals surface area contributed by atoms with Crippen LogP contribution in [-0.4, -0.2) is 54.9 Å². The Bertz CT molecular complexity index is 1060. The van der Waals surface area contributed by atoms with Gasteiger partial charge in [0.1, 0.15) is 5.82 Å². The van der Waals surface area contributed by atoms with Gasteiger partial charge in [0.2, 0.25) is 11.9 Å². The number of hydrogen-bond donors (Lipinski definition) is 2. The largest absolute Gasteiger partial charge is 0.368 e. The first-order valence-electron chi connectivity index (χ1n) is 11.7. The van der Waals surface area contributed by atoms with E-state index in [2.05, 4.69) is 25.2 Å². The smallest absolute Gasteiger partial charge is 0.232 e. The average Bonchev–Trinajstić information content (AvgIpc) is 3.44. The lowest BCUT2D eigenvalue weighted by molar-refractivity contribution is -0.127. The van der Waals surface area contributed by atoms with Crippen molar-refractivity contribution in [3.8, 4) is 0 Å². The monoisotopic (exact) mass is 434 g/mol. The predicted molar refractivity (Wildman–Crippen MR) is 124 cm³/mol. The van der Waals surface area contributed by atoms with Gasteiger partial charge in [0, 0.05) is 38.3 Å². The fraction of sp³-hybridized carbons (Fsp3) is 0.522. The van der Waals surface area contributed by atoms with Crippen molar-refractivity contribution >= 4 is 34.7 Å². The molecule has 9 heteroatoms. The van der Waals surface area contributed by atoms with Gasteiger partial charge in [-0.25, -0.2) is 9.97 Å². The van der Waals surface area contributed by atoms with Crippen LogP contribution < -0.4 is 10.6 Å². The molecular formula is C23H30N8O. The fourth-order valence-electron chi connectivity index (χ4n) is 4.69. The molecule has 5 rings (SSSR count). The molecule has 1 aliphatic heterocycles. The Morgan fingerprint density at radius 3 is 2.75 bits per heavy atom. The summed E-state index contributed by atoms with van der Waals surface area (Å²) in [7, 11) is 0. The Morgan fingerprint density at radius 2 is 1.97 bits per heavy atom. The van der Waals surface area contributed by atoms with Crippen molar-refractivity contribution in [2.75, 3.05) is 30.3 Å². The number of nitrogens with one attached hydrogen (secondary N) is 2. The first kappa shape index (κ1) is 20.7. The summed E-state index contributed by atoms with van der Waals surface area (Å²) >= 11 is 0. The molecule has 168 valence electrons. The minimum Gasteiger partial charge on any atom is -0.368 e. The molecule has 32 heavy (non-hydrogen) atoms.